The summed E-state index contributed by atoms with van der Waals surface area (Å²) in [5.74, 6) is 0.466. The molecule has 0 bridgehead atoms. The molecular weight excluding hydrogens is 312 g/mol. The number of H-pyrrole nitrogens is 1. The van der Waals surface area contributed by atoms with Crippen LogP contribution in [-0.2, 0) is 0 Å². The van der Waals surface area contributed by atoms with Crippen molar-refractivity contribution in [2.75, 3.05) is 7.11 Å². The number of hydrogen-bond acceptors (Lipinski definition) is 6. The smallest absolute Gasteiger partial charge is 0.291 e. The van der Waals surface area contributed by atoms with Crippen LogP contribution in [0.2, 0.25) is 0 Å². The van der Waals surface area contributed by atoms with Crippen LogP contribution in [0.25, 0.3) is 11.5 Å². The van der Waals surface area contributed by atoms with E-state index in [9.17, 15) is 9.90 Å². The molecule has 0 saturated heterocycles. The molecule has 0 fully saturated rings. The van der Waals surface area contributed by atoms with Crippen LogP contribution in [0.3, 0.4) is 0 Å². The molecule has 0 saturated carbocycles. The number of methoxy groups -OCH3 is 1. The van der Waals surface area contributed by atoms with Gasteiger partial charge >= 0.3 is 0 Å². The van der Waals surface area contributed by atoms with Crippen LogP contribution < -0.4 is 10.2 Å². The number of amides is 1. The van der Waals surface area contributed by atoms with Gasteiger partial charge in [-0.2, -0.15) is 10.2 Å². The molecule has 1 amide bonds. The predicted molar refractivity (Wildman–Crippen MR) is 86.0 cm³/mol. The number of nitrogens with zero attached hydrogens (tertiary/aromatic N) is 2. The molecule has 0 atom stereocenters. The van der Waals surface area contributed by atoms with Gasteiger partial charge in [-0.25, -0.2) is 5.43 Å². The third kappa shape index (κ3) is 3.27. The van der Waals surface area contributed by atoms with E-state index in [1.165, 1.54) is 25.7 Å². The molecule has 0 spiro atoms. The molecule has 122 valence electrons. The minimum atomic E-state index is -0.467. The Labute approximate surface area is 136 Å². The first-order chi connectivity index (χ1) is 11.7. The largest absolute Gasteiger partial charge is 0.504 e. The fourth-order valence-electron chi connectivity index (χ4n) is 1.99. The number of nitrogens with one attached hydrogen (secondary N) is 2. The van der Waals surface area contributed by atoms with Gasteiger partial charge in [0.1, 0.15) is 5.69 Å². The summed E-state index contributed by atoms with van der Waals surface area (Å²) in [6.45, 7) is 0. The van der Waals surface area contributed by atoms with Crippen molar-refractivity contribution < 1.29 is 19.1 Å². The Balaban J connectivity index is 1.65. The van der Waals surface area contributed by atoms with Crippen LogP contribution in [0.1, 0.15) is 16.1 Å². The Hall–Kier alpha value is -3.55. The van der Waals surface area contributed by atoms with E-state index in [0.717, 1.165) is 0 Å². The zero-order valence-electron chi connectivity index (χ0n) is 12.7. The third-order valence-electron chi connectivity index (χ3n) is 3.18. The molecule has 0 aliphatic carbocycles. The van der Waals surface area contributed by atoms with Gasteiger partial charge < -0.3 is 14.3 Å². The molecule has 0 aliphatic heterocycles. The Bertz CT molecular complexity index is 868. The number of carbonyl (C=O) groups excluding carboxylic acids is 1. The zero-order valence-corrected chi connectivity index (χ0v) is 12.7. The number of hydrogen-bond donors (Lipinski definition) is 3. The Kier molecular flexibility index (Phi) is 4.28. The lowest BCUT2D eigenvalue weighted by atomic mass is 10.2. The second-order valence-corrected chi connectivity index (χ2v) is 4.77. The number of hydrazone groups is 1. The van der Waals surface area contributed by atoms with Crippen molar-refractivity contribution in [3.63, 3.8) is 0 Å². The second-order valence-electron chi connectivity index (χ2n) is 4.77. The van der Waals surface area contributed by atoms with Gasteiger partial charge in [0, 0.05) is 6.07 Å². The first-order valence-corrected chi connectivity index (χ1v) is 6.97. The molecule has 0 aliphatic rings. The van der Waals surface area contributed by atoms with Crippen LogP contribution in [0.15, 0.2) is 52.2 Å². The summed E-state index contributed by atoms with van der Waals surface area (Å²) in [5, 5.41) is 20.0. The van der Waals surface area contributed by atoms with Crippen LogP contribution in [0.4, 0.5) is 0 Å². The van der Waals surface area contributed by atoms with E-state index < -0.39 is 5.91 Å². The van der Waals surface area contributed by atoms with Gasteiger partial charge in [0.2, 0.25) is 0 Å². The molecule has 8 nitrogen and oxygen atoms in total. The van der Waals surface area contributed by atoms with E-state index in [1.54, 1.807) is 30.3 Å². The Morgan fingerprint density at radius 1 is 1.42 bits per heavy atom. The number of phenols is 1. The summed E-state index contributed by atoms with van der Waals surface area (Å²) in [7, 11) is 1.45. The highest BCUT2D eigenvalue weighted by Crippen LogP contribution is 2.25. The molecule has 8 heteroatoms. The second kappa shape index (κ2) is 6.69. The van der Waals surface area contributed by atoms with Gasteiger partial charge in [-0.05, 0) is 35.9 Å². The number of phenolic OH excluding ortho intramolecular Hbond substituents is 1. The van der Waals surface area contributed by atoms with Gasteiger partial charge in [-0.1, -0.05) is 0 Å². The highest BCUT2D eigenvalue weighted by Gasteiger charge is 2.12. The number of aromatic nitrogens is 2. The van der Waals surface area contributed by atoms with Crippen LogP contribution in [0.5, 0.6) is 11.5 Å². The number of ether oxygens (including phenoxy) is 1. The van der Waals surface area contributed by atoms with Crippen LogP contribution in [0, 0.1) is 0 Å². The van der Waals surface area contributed by atoms with Crippen molar-refractivity contribution in [2.24, 2.45) is 5.10 Å². The lowest BCUT2D eigenvalue weighted by molar-refractivity contribution is 0.0950. The number of benzene rings is 1. The molecule has 3 N–H and O–H groups in total. The molecular formula is C16H14N4O4. The molecule has 2 heterocycles. The fourth-order valence-corrected chi connectivity index (χ4v) is 1.99. The third-order valence-corrected chi connectivity index (χ3v) is 3.18. The minimum absolute atomic E-state index is 0.0284. The standard InChI is InChI=1S/C16H14N4O4/c1-23-15-7-10(4-5-13(15)21)9-17-20-16(22)12-8-11(18-19-12)14-3-2-6-24-14/h2-9,21H,1H3,(H,18,19)(H,20,22)/b17-9-. The lowest BCUT2D eigenvalue weighted by Crippen LogP contribution is -2.18. The van der Waals surface area contributed by atoms with Gasteiger partial charge in [0.05, 0.1) is 19.6 Å². The van der Waals surface area contributed by atoms with Crippen molar-refractivity contribution in [3.8, 4) is 23.0 Å². The molecule has 3 rings (SSSR count). The number of carbonyl (C=O) groups is 1. The van der Waals surface area contributed by atoms with Crippen molar-refractivity contribution in [2.45, 2.75) is 0 Å². The summed E-state index contributed by atoms with van der Waals surface area (Å²) in [5.41, 5.74) is 3.81. The zero-order chi connectivity index (χ0) is 16.9. The predicted octanol–water partition coefficient (Wildman–Crippen LogP) is 2.15. The summed E-state index contributed by atoms with van der Waals surface area (Å²) in [4.78, 5) is 12.0. The Morgan fingerprint density at radius 2 is 2.29 bits per heavy atom. The first-order valence-electron chi connectivity index (χ1n) is 6.97. The van der Waals surface area contributed by atoms with Gasteiger partial charge in [0.15, 0.2) is 23.0 Å². The number of rotatable bonds is 5. The average Bonchev–Trinajstić information content (AvgIpc) is 3.27. The number of aromatic hydroxyl groups is 1. The molecule has 2 aromatic heterocycles. The van der Waals surface area contributed by atoms with Gasteiger partial charge in [-0.15, -0.1) is 0 Å². The van der Waals surface area contributed by atoms with Crippen molar-refractivity contribution >= 4 is 12.1 Å². The maximum absolute atomic E-state index is 12.0. The highest BCUT2D eigenvalue weighted by atomic mass is 16.5. The van der Waals surface area contributed by atoms with E-state index in [0.29, 0.717) is 22.8 Å². The minimum Gasteiger partial charge on any atom is -0.504 e. The van der Waals surface area contributed by atoms with E-state index >= 15 is 0 Å². The van der Waals surface area contributed by atoms with Crippen LogP contribution >= 0.6 is 0 Å². The monoisotopic (exact) mass is 326 g/mol. The van der Waals surface area contributed by atoms with Crippen molar-refractivity contribution in [1.29, 1.82) is 0 Å². The Morgan fingerprint density at radius 3 is 3.04 bits per heavy atom. The quantitative estimate of drug-likeness (QED) is 0.491. The lowest BCUT2D eigenvalue weighted by Gasteiger charge is -2.03. The average molecular weight is 326 g/mol. The molecule has 0 radical (unpaired) electrons. The first kappa shape index (κ1) is 15.3. The fraction of sp³-hybridized carbons (Fsp3) is 0.0625. The molecule has 0 unspecified atom stereocenters. The van der Waals surface area contributed by atoms with Crippen LogP contribution in [-0.4, -0.2) is 34.5 Å². The maximum Gasteiger partial charge on any atom is 0.291 e. The normalized spacial score (nSPS) is 10.9. The van der Waals surface area contributed by atoms with E-state index in [2.05, 4.69) is 20.7 Å². The molecule has 24 heavy (non-hydrogen) atoms. The van der Waals surface area contributed by atoms with Crippen molar-refractivity contribution in [1.82, 2.24) is 15.6 Å². The van der Waals surface area contributed by atoms with Gasteiger partial charge in [-0.3, -0.25) is 9.89 Å². The van der Waals surface area contributed by atoms with E-state index in [1.807, 2.05) is 0 Å². The van der Waals surface area contributed by atoms with E-state index in [-0.39, 0.29) is 11.4 Å². The summed E-state index contributed by atoms with van der Waals surface area (Å²) in [6, 6.07) is 9.77. The maximum atomic E-state index is 12.0. The summed E-state index contributed by atoms with van der Waals surface area (Å²) < 4.78 is 10.2. The van der Waals surface area contributed by atoms with Gasteiger partial charge in [0.25, 0.3) is 5.91 Å². The molecule has 1 aromatic carbocycles. The summed E-state index contributed by atoms with van der Waals surface area (Å²) in [6.07, 6.45) is 2.96. The summed E-state index contributed by atoms with van der Waals surface area (Å²) >= 11 is 0. The molecule has 3 aromatic rings. The van der Waals surface area contributed by atoms with Crippen molar-refractivity contribution in [3.05, 3.63) is 53.9 Å². The SMILES string of the molecule is COc1cc(/C=N\NC(=O)c2cc(-c3ccco3)[nH]n2)ccc1O. The number of furan rings is 1. The topological polar surface area (TPSA) is 113 Å². The number of aromatic amines is 1. The highest BCUT2D eigenvalue weighted by molar-refractivity contribution is 5.94. The van der Waals surface area contributed by atoms with E-state index in [4.69, 9.17) is 9.15 Å².